The molecule has 1 saturated carbocycles. The van der Waals surface area contributed by atoms with Crippen molar-refractivity contribution in [3.8, 4) is 0 Å². The van der Waals surface area contributed by atoms with E-state index in [0.29, 0.717) is 0 Å². The molecule has 1 aliphatic rings. The Balaban J connectivity index is 2.30. The average Bonchev–Trinajstić information content (AvgIpc) is 2.98. The van der Waals surface area contributed by atoms with Crippen LogP contribution in [0.3, 0.4) is 0 Å². The molecule has 1 rings (SSSR count). The Morgan fingerprint density at radius 1 is 0.167 bits per heavy atom. The van der Waals surface area contributed by atoms with Crippen LogP contribution in [0.4, 0.5) is 0 Å². The molecule has 0 nitrogen and oxygen atoms in total. The van der Waals surface area contributed by atoms with Gasteiger partial charge in [0.1, 0.15) is 0 Å². The lowest BCUT2D eigenvalue weighted by Crippen LogP contribution is -2.10. The molecule has 6 unspecified atom stereocenters. The zero-order valence-corrected chi connectivity index (χ0v) is 39.9. The maximum Gasteiger partial charge on any atom is 0.0110 e. The van der Waals surface area contributed by atoms with Gasteiger partial charge in [-0.2, -0.15) is 0 Å². The van der Waals surface area contributed by atoms with E-state index in [0.717, 1.165) is 23.5 Å². The van der Waals surface area contributed by atoms with Crippen molar-refractivity contribution < 1.29 is 0 Å². The van der Waals surface area contributed by atoms with Gasteiger partial charge in [-0.15, -0.1) is 0 Å². The van der Waals surface area contributed by atoms with Gasteiger partial charge in [0.15, 0.2) is 0 Å². The van der Waals surface area contributed by atoms with E-state index in [9.17, 15) is 0 Å². The highest BCUT2D eigenvalue weighted by Gasteiger charge is 2.15. The minimum atomic E-state index is 0.875. The first-order valence-electron chi connectivity index (χ1n) is 18.2. The first-order valence-corrected chi connectivity index (χ1v) is 25.7. The SMILES string of the molecule is IC1CCCCCCCCCCCCCCCCCCCCC(I)CCC(I)CCC(I)CCC(I)CCC(I)CC1. The number of hydrogen-bond donors (Lipinski definition) is 0. The van der Waals surface area contributed by atoms with Gasteiger partial charge in [0, 0.05) is 23.5 Å². The molecule has 0 N–H and O–H groups in total. The molecule has 0 saturated heterocycles. The van der Waals surface area contributed by atoms with Crippen molar-refractivity contribution >= 4 is 136 Å². The van der Waals surface area contributed by atoms with Crippen LogP contribution in [-0.2, 0) is 0 Å². The molecular weight excluding hydrogens is 1190 g/mol. The minimum absolute atomic E-state index is 0.875. The van der Waals surface area contributed by atoms with E-state index in [1.807, 2.05) is 0 Å². The van der Waals surface area contributed by atoms with Crippen molar-refractivity contribution in [3.63, 3.8) is 0 Å². The van der Waals surface area contributed by atoms with Crippen LogP contribution in [0.25, 0.3) is 0 Å². The third-order valence-electron chi connectivity index (χ3n) is 9.25. The molecule has 0 spiro atoms. The Hall–Kier alpha value is 4.38. The van der Waals surface area contributed by atoms with E-state index in [2.05, 4.69) is 136 Å². The first-order chi connectivity index (χ1) is 20.4. The van der Waals surface area contributed by atoms with Crippen LogP contribution in [-0.4, -0.2) is 23.5 Å². The molecule has 252 valence electrons. The molecule has 6 atom stereocenters. The fraction of sp³-hybridized carbons (Fsp3) is 1.00. The highest BCUT2D eigenvalue weighted by molar-refractivity contribution is 14.1. The van der Waals surface area contributed by atoms with Crippen molar-refractivity contribution in [1.82, 2.24) is 0 Å². The Labute approximate surface area is 346 Å². The topological polar surface area (TPSA) is 0 Å². The van der Waals surface area contributed by atoms with E-state index >= 15 is 0 Å². The van der Waals surface area contributed by atoms with Gasteiger partial charge in [0.05, 0.1) is 0 Å². The third-order valence-corrected chi connectivity index (χ3v) is 16.7. The number of hydrogen-bond acceptors (Lipinski definition) is 0. The normalized spacial score (nSPS) is 33.0. The molecule has 42 heavy (non-hydrogen) atoms. The van der Waals surface area contributed by atoms with Crippen molar-refractivity contribution in [1.29, 1.82) is 0 Å². The predicted octanol–water partition coefficient (Wildman–Crippen LogP) is 16.5. The molecule has 1 fully saturated rings. The highest BCUT2D eigenvalue weighted by Crippen LogP contribution is 2.29. The molecule has 0 amide bonds. The van der Waals surface area contributed by atoms with Gasteiger partial charge in [-0.3, -0.25) is 0 Å². The molecule has 0 aromatic heterocycles. The monoisotopic (exact) mass is 1260 g/mol. The zero-order valence-electron chi connectivity index (χ0n) is 26.9. The second kappa shape index (κ2) is 32.6. The summed E-state index contributed by atoms with van der Waals surface area (Å²) in [4.78, 5) is 0. The van der Waals surface area contributed by atoms with Crippen LogP contribution in [0.2, 0.25) is 0 Å². The Kier molecular flexibility index (Phi) is 34.4. The number of alkyl halides is 6. The summed E-state index contributed by atoms with van der Waals surface area (Å²) in [6.45, 7) is 0. The van der Waals surface area contributed by atoms with Crippen molar-refractivity contribution in [2.45, 2.75) is 216 Å². The summed E-state index contributed by atoms with van der Waals surface area (Å²) >= 11 is 16.6. The lowest BCUT2D eigenvalue weighted by molar-refractivity contribution is 0.516. The maximum atomic E-state index is 2.76. The number of halogens is 6. The van der Waals surface area contributed by atoms with Gasteiger partial charge in [0.2, 0.25) is 0 Å². The summed E-state index contributed by atoms with van der Waals surface area (Å²) in [5.41, 5.74) is 0. The van der Waals surface area contributed by atoms with Gasteiger partial charge >= 0.3 is 0 Å². The zero-order chi connectivity index (χ0) is 30.7. The van der Waals surface area contributed by atoms with E-state index < -0.39 is 0 Å². The first kappa shape index (κ1) is 44.4. The summed E-state index contributed by atoms with van der Waals surface area (Å²) in [6, 6.07) is 0. The Morgan fingerprint density at radius 2 is 0.286 bits per heavy atom. The van der Waals surface area contributed by atoms with E-state index in [1.165, 1.54) is 193 Å². The van der Waals surface area contributed by atoms with E-state index in [-0.39, 0.29) is 0 Å². The molecule has 1 aliphatic carbocycles. The fourth-order valence-electron chi connectivity index (χ4n) is 6.23. The minimum Gasteiger partial charge on any atom is -0.0826 e. The third kappa shape index (κ3) is 30.4. The summed E-state index contributed by atoms with van der Waals surface area (Å²) in [6.07, 6.45) is 43.8. The summed E-state index contributed by atoms with van der Waals surface area (Å²) in [5, 5.41) is 0. The Bertz CT molecular complexity index is 513. The smallest absolute Gasteiger partial charge is 0.0110 e. The molecule has 0 bridgehead atoms. The molecular formula is C36H66I6. The van der Waals surface area contributed by atoms with Crippen molar-refractivity contribution in [2.24, 2.45) is 0 Å². The highest BCUT2D eigenvalue weighted by atomic mass is 127. The molecule has 0 aromatic rings. The molecule has 0 heterocycles. The van der Waals surface area contributed by atoms with Crippen LogP contribution in [0.15, 0.2) is 0 Å². The van der Waals surface area contributed by atoms with Gasteiger partial charge in [-0.05, 0) is 77.0 Å². The fourth-order valence-corrected chi connectivity index (χ4v) is 10.7. The molecule has 0 radical (unpaired) electrons. The molecule has 0 aliphatic heterocycles. The van der Waals surface area contributed by atoms with Crippen LogP contribution in [0.1, 0.15) is 193 Å². The second-order valence-electron chi connectivity index (χ2n) is 13.4. The van der Waals surface area contributed by atoms with Crippen LogP contribution in [0.5, 0.6) is 0 Å². The lowest BCUT2D eigenvalue weighted by Gasteiger charge is -2.18. The lowest BCUT2D eigenvalue weighted by atomic mass is 10.0. The van der Waals surface area contributed by atoms with Gasteiger partial charge in [-0.1, -0.05) is 251 Å². The maximum absolute atomic E-state index is 2.76. The largest absolute Gasteiger partial charge is 0.0826 e. The average molecular weight is 1260 g/mol. The van der Waals surface area contributed by atoms with Crippen molar-refractivity contribution in [3.05, 3.63) is 0 Å². The molecule has 6 heteroatoms. The standard InChI is InChI=1S/C36H66I6/c37-31-19-17-15-13-11-9-7-5-3-1-2-4-6-8-10-12-14-16-18-20-32(38)22-24-34(40)26-28-36(42)30-29-35(41)27-25-33(39)23-21-31/h31-36H,1-30H2. The van der Waals surface area contributed by atoms with Crippen LogP contribution < -0.4 is 0 Å². The van der Waals surface area contributed by atoms with Gasteiger partial charge < -0.3 is 0 Å². The summed E-state index contributed by atoms with van der Waals surface area (Å²) in [5.74, 6) is 0. The van der Waals surface area contributed by atoms with E-state index in [4.69, 9.17) is 0 Å². The summed E-state index contributed by atoms with van der Waals surface area (Å²) < 4.78 is 5.31. The van der Waals surface area contributed by atoms with Crippen molar-refractivity contribution in [2.75, 3.05) is 0 Å². The second-order valence-corrected chi connectivity index (χ2v) is 24.0. The molecule has 0 aromatic carbocycles. The Morgan fingerprint density at radius 3 is 0.452 bits per heavy atom. The quantitative estimate of drug-likeness (QED) is 0.168. The van der Waals surface area contributed by atoms with Gasteiger partial charge in [-0.25, -0.2) is 0 Å². The van der Waals surface area contributed by atoms with Crippen LogP contribution >= 0.6 is 136 Å². The van der Waals surface area contributed by atoms with Gasteiger partial charge in [0.25, 0.3) is 0 Å². The predicted molar refractivity (Wildman–Crippen MR) is 245 cm³/mol. The summed E-state index contributed by atoms with van der Waals surface area (Å²) in [7, 11) is 0. The van der Waals surface area contributed by atoms with Crippen LogP contribution in [0, 0.1) is 0 Å². The number of rotatable bonds is 0. The van der Waals surface area contributed by atoms with E-state index in [1.54, 1.807) is 0 Å².